The number of anilines is 3. The van der Waals surface area contributed by atoms with E-state index in [-0.39, 0.29) is 5.97 Å². The van der Waals surface area contributed by atoms with Crippen LogP contribution < -0.4 is 16.0 Å². The summed E-state index contributed by atoms with van der Waals surface area (Å²) in [6.07, 6.45) is 2.06. The van der Waals surface area contributed by atoms with E-state index in [0.29, 0.717) is 31.8 Å². The molecule has 128 valence electrons. The molecule has 0 bridgehead atoms. The van der Waals surface area contributed by atoms with Crippen molar-refractivity contribution in [3.63, 3.8) is 0 Å². The summed E-state index contributed by atoms with van der Waals surface area (Å²) < 4.78 is 5.01. The molecule has 6 heteroatoms. The minimum absolute atomic E-state index is 0.205. The number of nitrogen functional groups attached to an aromatic ring is 1. The normalized spacial score (nSPS) is 10.2. The number of rotatable bonds is 8. The van der Waals surface area contributed by atoms with Gasteiger partial charge in [-0.25, -0.2) is 4.98 Å². The number of carbonyl (C=O) groups excluding carboxylic acids is 1. The molecule has 0 saturated heterocycles. The number of pyridine rings is 1. The fourth-order valence-electron chi connectivity index (χ4n) is 2.43. The summed E-state index contributed by atoms with van der Waals surface area (Å²) in [5.41, 5.74) is 8.69. The molecule has 3 N–H and O–H groups in total. The second kappa shape index (κ2) is 8.76. The quantitative estimate of drug-likeness (QED) is 0.573. The number of nitrogens with zero attached hydrogens (tertiary/aromatic N) is 2. The van der Waals surface area contributed by atoms with Gasteiger partial charge in [0.05, 0.1) is 24.4 Å². The van der Waals surface area contributed by atoms with Crippen molar-refractivity contribution < 1.29 is 9.53 Å². The Hall–Kier alpha value is -2.76. The van der Waals surface area contributed by atoms with Crippen LogP contribution in [0.2, 0.25) is 0 Å². The molecule has 0 aliphatic rings. The zero-order valence-electron chi connectivity index (χ0n) is 14.2. The molecule has 0 unspecified atom stereocenters. The van der Waals surface area contributed by atoms with E-state index in [1.54, 1.807) is 13.1 Å². The van der Waals surface area contributed by atoms with Crippen LogP contribution in [0.1, 0.15) is 18.9 Å². The molecular formula is C18H24N4O2. The molecule has 2 rings (SSSR count). The SMILES string of the molecule is CCOC(=O)CCN(Cc1ccc(NC)c(N)c1)c1ccccn1. The highest BCUT2D eigenvalue weighted by molar-refractivity contribution is 5.70. The molecule has 0 atom stereocenters. The Morgan fingerprint density at radius 2 is 2.17 bits per heavy atom. The number of hydrogen-bond acceptors (Lipinski definition) is 6. The van der Waals surface area contributed by atoms with Crippen molar-refractivity contribution in [1.82, 2.24) is 4.98 Å². The van der Waals surface area contributed by atoms with E-state index in [2.05, 4.69) is 10.3 Å². The van der Waals surface area contributed by atoms with Gasteiger partial charge in [-0.05, 0) is 36.8 Å². The first-order chi connectivity index (χ1) is 11.6. The Bertz CT molecular complexity index is 661. The number of nitrogens with two attached hydrogens (primary N) is 1. The van der Waals surface area contributed by atoms with Gasteiger partial charge in [-0.3, -0.25) is 4.79 Å². The molecular weight excluding hydrogens is 304 g/mol. The number of benzene rings is 1. The van der Waals surface area contributed by atoms with Crippen LogP contribution in [0.3, 0.4) is 0 Å². The van der Waals surface area contributed by atoms with Crippen LogP contribution in [0.25, 0.3) is 0 Å². The second-order valence-electron chi connectivity index (χ2n) is 5.34. The van der Waals surface area contributed by atoms with E-state index in [9.17, 15) is 4.79 Å². The van der Waals surface area contributed by atoms with Gasteiger partial charge < -0.3 is 20.7 Å². The van der Waals surface area contributed by atoms with E-state index < -0.39 is 0 Å². The predicted octanol–water partition coefficient (Wildman–Crippen LogP) is 2.67. The molecule has 2 aromatic rings. The Labute approximate surface area is 142 Å². The average molecular weight is 328 g/mol. The molecule has 1 aromatic heterocycles. The molecule has 1 aromatic carbocycles. The van der Waals surface area contributed by atoms with E-state index in [1.165, 1.54) is 0 Å². The van der Waals surface area contributed by atoms with Crippen LogP contribution in [0.4, 0.5) is 17.2 Å². The van der Waals surface area contributed by atoms with E-state index in [0.717, 1.165) is 17.1 Å². The van der Waals surface area contributed by atoms with Crippen LogP contribution in [0, 0.1) is 0 Å². The number of esters is 1. The lowest BCUT2D eigenvalue weighted by atomic mass is 10.1. The fourth-order valence-corrected chi connectivity index (χ4v) is 2.43. The van der Waals surface area contributed by atoms with Crippen molar-refractivity contribution >= 4 is 23.2 Å². The monoisotopic (exact) mass is 328 g/mol. The van der Waals surface area contributed by atoms with Crippen LogP contribution in [-0.2, 0) is 16.1 Å². The smallest absolute Gasteiger partial charge is 0.307 e. The van der Waals surface area contributed by atoms with Crippen molar-refractivity contribution in [2.24, 2.45) is 0 Å². The Morgan fingerprint density at radius 3 is 2.79 bits per heavy atom. The second-order valence-corrected chi connectivity index (χ2v) is 5.34. The Morgan fingerprint density at radius 1 is 1.33 bits per heavy atom. The average Bonchev–Trinajstić information content (AvgIpc) is 2.60. The molecule has 0 radical (unpaired) electrons. The first kappa shape index (κ1) is 17.6. The van der Waals surface area contributed by atoms with Crippen molar-refractivity contribution in [3.05, 3.63) is 48.2 Å². The molecule has 0 fully saturated rings. The third-order valence-electron chi connectivity index (χ3n) is 3.62. The maximum atomic E-state index is 11.7. The number of ether oxygens (including phenoxy) is 1. The van der Waals surface area contributed by atoms with Gasteiger partial charge in [-0.1, -0.05) is 12.1 Å². The highest BCUT2D eigenvalue weighted by atomic mass is 16.5. The third kappa shape index (κ3) is 4.87. The van der Waals surface area contributed by atoms with Gasteiger partial charge in [0, 0.05) is 26.3 Å². The number of hydrogen-bond donors (Lipinski definition) is 2. The lowest BCUT2D eigenvalue weighted by molar-refractivity contribution is -0.142. The first-order valence-electron chi connectivity index (χ1n) is 8.01. The number of nitrogens with one attached hydrogen (secondary N) is 1. The van der Waals surface area contributed by atoms with Crippen LogP contribution in [0.5, 0.6) is 0 Å². The molecule has 24 heavy (non-hydrogen) atoms. The highest BCUT2D eigenvalue weighted by Crippen LogP contribution is 2.22. The lowest BCUT2D eigenvalue weighted by Crippen LogP contribution is -2.27. The van der Waals surface area contributed by atoms with Gasteiger partial charge in [0.25, 0.3) is 0 Å². The van der Waals surface area contributed by atoms with Gasteiger partial charge in [0.2, 0.25) is 0 Å². The van der Waals surface area contributed by atoms with E-state index in [4.69, 9.17) is 10.5 Å². The molecule has 0 spiro atoms. The minimum Gasteiger partial charge on any atom is -0.466 e. The van der Waals surface area contributed by atoms with Crippen LogP contribution in [0.15, 0.2) is 42.6 Å². The van der Waals surface area contributed by atoms with Gasteiger partial charge in [0.15, 0.2) is 0 Å². The summed E-state index contributed by atoms with van der Waals surface area (Å²) in [5.74, 6) is 0.613. The zero-order valence-corrected chi connectivity index (χ0v) is 14.2. The first-order valence-corrected chi connectivity index (χ1v) is 8.01. The van der Waals surface area contributed by atoms with E-state index in [1.807, 2.05) is 48.3 Å². The summed E-state index contributed by atoms with van der Waals surface area (Å²) >= 11 is 0. The molecule has 6 nitrogen and oxygen atoms in total. The van der Waals surface area contributed by atoms with E-state index >= 15 is 0 Å². The minimum atomic E-state index is -0.205. The lowest BCUT2D eigenvalue weighted by Gasteiger charge is -2.24. The van der Waals surface area contributed by atoms with Gasteiger partial charge in [-0.15, -0.1) is 0 Å². The summed E-state index contributed by atoms with van der Waals surface area (Å²) in [7, 11) is 1.84. The van der Waals surface area contributed by atoms with Crippen molar-refractivity contribution in [2.45, 2.75) is 19.9 Å². The summed E-state index contributed by atoms with van der Waals surface area (Å²) in [4.78, 5) is 18.1. The Balaban J connectivity index is 2.13. The van der Waals surface area contributed by atoms with Crippen molar-refractivity contribution in [3.8, 4) is 0 Å². The van der Waals surface area contributed by atoms with Gasteiger partial charge >= 0.3 is 5.97 Å². The van der Waals surface area contributed by atoms with Gasteiger partial charge in [-0.2, -0.15) is 0 Å². The van der Waals surface area contributed by atoms with Crippen LogP contribution >= 0.6 is 0 Å². The molecule has 1 heterocycles. The fraction of sp³-hybridized carbons (Fsp3) is 0.333. The third-order valence-corrected chi connectivity index (χ3v) is 3.62. The molecule has 0 saturated carbocycles. The predicted molar refractivity (Wildman–Crippen MR) is 96.9 cm³/mol. The van der Waals surface area contributed by atoms with Crippen LogP contribution in [-0.4, -0.2) is 31.2 Å². The van der Waals surface area contributed by atoms with Crippen molar-refractivity contribution in [2.75, 3.05) is 36.1 Å². The summed E-state index contributed by atoms with van der Waals surface area (Å²) in [5, 5.41) is 3.05. The summed E-state index contributed by atoms with van der Waals surface area (Å²) in [6.45, 7) is 3.35. The highest BCUT2D eigenvalue weighted by Gasteiger charge is 2.12. The van der Waals surface area contributed by atoms with Crippen molar-refractivity contribution in [1.29, 1.82) is 0 Å². The largest absolute Gasteiger partial charge is 0.466 e. The topological polar surface area (TPSA) is 80.5 Å². The molecule has 0 aliphatic carbocycles. The standard InChI is InChI=1S/C18H24N4O2/c1-3-24-18(23)9-11-22(17-6-4-5-10-21-17)13-14-7-8-16(20-2)15(19)12-14/h4-8,10,12,20H,3,9,11,13,19H2,1-2H3. The Kier molecular flexibility index (Phi) is 6.42. The molecule has 0 aliphatic heterocycles. The number of carbonyl (C=O) groups is 1. The molecule has 0 amide bonds. The zero-order chi connectivity index (χ0) is 17.4. The van der Waals surface area contributed by atoms with Gasteiger partial charge in [0.1, 0.15) is 5.82 Å². The maximum absolute atomic E-state index is 11.7. The summed E-state index contributed by atoms with van der Waals surface area (Å²) in [6, 6.07) is 11.6. The maximum Gasteiger partial charge on any atom is 0.307 e. The number of aromatic nitrogens is 1.